The maximum Gasteiger partial charge on any atom is 0.248 e. The molecule has 0 radical (unpaired) electrons. The Balaban J connectivity index is 1.23. The Kier molecular flexibility index (Phi) is 5.48. The van der Waals surface area contributed by atoms with E-state index < -0.39 is 0 Å². The van der Waals surface area contributed by atoms with E-state index in [9.17, 15) is 9.59 Å². The Labute approximate surface area is 161 Å². The summed E-state index contributed by atoms with van der Waals surface area (Å²) in [7, 11) is 0. The zero-order valence-corrected chi connectivity index (χ0v) is 16.1. The number of hydrogen-bond acceptors (Lipinski definition) is 3. The smallest absolute Gasteiger partial charge is 0.248 e. The lowest BCUT2D eigenvalue weighted by molar-refractivity contribution is -0.144. The summed E-state index contributed by atoms with van der Waals surface area (Å²) in [4.78, 5) is 28.8. The topological polar surface area (TPSA) is 49.9 Å². The first-order valence-electron chi connectivity index (χ1n) is 10.3. The van der Waals surface area contributed by atoms with Crippen LogP contribution in [-0.2, 0) is 20.9 Å². The van der Waals surface area contributed by atoms with Crippen molar-refractivity contribution in [3.05, 3.63) is 35.9 Å². The van der Waals surface area contributed by atoms with Crippen molar-refractivity contribution in [1.82, 2.24) is 9.80 Å². The van der Waals surface area contributed by atoms with Gasteiger partial charge in [0.15, 0.2) is 0 Å². The Morgan fingerprint density at radius 2 is 1.85 bits per heavy atom. The summed E-state index contributed by atoms with van der Waals surface area (Å²) < 4.78 is 5.61. The molecule has 1 spiro atoms. The van der Waals surface area contributed by atoms with Crippen LogP contribution in [0.5, 0.6) is 0 Å². The molecule has 146 valence electrons. The lowest BCUT2D eigenvalue weighted by atomic mass is 9.72. The van der Waals surface area contributed by atoms with Crippen LogP contribution in [0.2, 0.25) is 0 Å². The van der Waals surface area contributed by atoms with Gasteiger partial charge in [-0.3, -0.25) is 9.59 Å². The molecule has 1 saturated carbocycles. The van der Waals surface area contributed by atoms with E-state index in [1.807, 2.05) is 35.2 Å². The number of carbonyl (C=O) groups is 2. The van der Waals surface area contributed by atoms with Crippen molar-refractivity contribution in [2.75, 3.05) is 32.8 Å². The lowest BCUT2D eigenvalue weighted by Crippen LogP contribution is -2.53. The molecule has 5 nitrogen and oxygen atoms in total. The van der Waals surface area contributed by atoms with Gasteiger partial charge in [0.2, 0.25) is 11.8 Å². The predicted octanol–water partition coefficient (Wildman–Crippen LogP) is 2.84. The van der Waals surface area contributed by atoms with Gasteiger partial charge >= 0.3 is 0 Å². The average Bonchev–Trinajstić information content (AvgIpc) is 3.50. The third kappa shape index (κ3) is 4.70. The van der Waals surface area contributed by atoms with Crippen molar-refractivity contribution >= 4 is 11.8 Å². The van der Waals surface area contributed by atoms with E-state index in [1.165, 1.54) is 12.8 Å². The molecule has 5 heteroatoms. The van der Waals surface area contributed by atoms with E-state index in [0.717, 1.165) is 56.9 Å². The first-order valence-corrected chi connectivity index (χ1v) is 10.3. The minimum Gasteiger partial charge on any atom is -0.367 e. The zero-order chi connectivity index (χ0) is 18.7. The standard InChI is InChI=1S/C22H30N2O3/c25-20-8-9-22(17-24(20)14-18-6-7-18)10-12-23(13-11-22)21(26)16-27-15-19-4-2-1-3-5-19/h1-5,18H,6-17H2. The van der Waals surface area contributed by atoms with Crippen LogP contribution in [0.25, 0.3) is 0 Å². The number of likely N-dealkylation sites (tertiary alicyclic amines) is 2. The average molecular weight is 370 g/mol. The molecule has 27 heavy (non-hydrogen) atoms. The highest BCUT2D eigenvalue weighted by Gasteiger charge is 2.42. The number of rotatable bonds is 6. The van der Waals surface area contributed by atoms with E-state index >= 15 is 0 Å². The van der Waals surface area contributed by atoms with Gasteiger partial charge in [0.1, 0.15) is 6.61 Å². The fourth-order valence-corrected chi connectivity index (χ4v) is 4.44. The summed E-state index contributed by atoms with van der Waals surface area (Å²) in [5.41, 5.74) is 1.32. The van der Waals surface area contributed by atoms with Crippen molar-refractivity contribution in [2.45, 2.75) is 45.1 Å². The summed E-state index contributed by atoms with van der Waals surface area (Å²) in [5.74, 6) is 1.16. The van der Waals surface area contributed by atoms with Crippen LogP contribution in [0, 0.1) is 11.3 Å². The number of hydrogen-bond donors (Lipinski definition) is 0. The van der Waals surface area contributed by atoms with Crippen molar-refractivity contribution in [1.29, 1.82) is 0 Å². The molecule has 1 aromatic rings. The first-order chi connectivity index (χ1) is 13.1. The molecular formula is C22H30N2O3. The van der Waals surface area contributed by atoms with Crippen LogP contribution in [0.4, 0.5) is 0 Å². The second-order valence-corrected chi connectivity index (χ2v) is 8.58. The van der Waals surface area contributed by atoms with Crippen molar-refractivity contribution in [3.8, 4) is 0 Å². The summed E-state index contributed by atoms with van der Waals surface area (Å²) in [6.07, 6.45) is 6.24. The molecular weight excluding hydrogens is 340 g/mol. The molecule has 0 unspecified atom stereocenters. The molecule has 1 aromatic carbocycles. The second kappa shape index (κ2) is 8.01. The van der Waals surface area contributed by atoms with E-state index in [-0.39, 0.29) is 17.9 Å². The second-order valence-electron chi connectivity index (χ2n) is 8.58. The highest BCUT2D eigenvalue weighted by Crippen LogP contribution is 2.41. The number of nitrogens with zero attached hydrogens (tertiary/aromatic N) is 2. The Morgan fingerprint density at radius 1 is 1.11 bits per heavy atom. The zero-order valence-electron chi connectivity index (χ0n) is 16.1. The molecule has 2 aliphatic heterocycles. The summed E-state index contributed by atoms with van der Waals surface area (Å²) in [6, 6.07) is 9.95. The van der Waals surface area contributed by atoms with E-state index in [0.29, 0.717) is 18.9 Å². The van der Waals surface area contributed by atoms with Gasteiger partial charge in [-0.2, -0.15) is 0 Å². The van der Waals surface area contributed by atoms with E-state index in [1.54, 1.807) is 0 Å². The van der Waals surface area contributed by atoms with Gasteiger partial charge in [-0.25, -0.2) is 0 Å². The third-order valence-corrected chi connectivity index (χ3v) is 6.44. The Bertz CT molecular complexity index is 663. The van der Waals surface area contributed by atoms with Crippen molar-refractivity contribution < 1.29 is 14.3 Å². The van der Waals surface area contributed by atoms with Crippen molar-refractivity contribution in [2.24, 2.45) is 11.3 Å². The van der Waals surface area contributed by atoms with Crippen LogP contribution in [0.15, 0.2) is 30.3 Å². The van der Waals surface area contributed by atoms with Gasteiger partial charge in [0.05, 0.1) is 6.61 Å². The summed E-state index contributed by atoms with van der Waals surface area (Å²) >= 11 is 0. The van der Waals surface area contributed by atoms with Crippen LogP contribution in [0.1, 0.15) is 44.1 Å². The summed E-state index contributed by atoms with van der Waals surface area (Å²) in [6.45, 7) is 4.06. The molecule has 2 saturated heterocycles. The molecule has 0 bridgehead atoms. The molecule has 3 fully saturated rings. The van der Waals surface area contributed by atoms with Gasteiger partial charge < -0.3 is 14.5 Å². The molecule has 1 aliphatic carbocycles. The number of ether oxygens (including phenoxy) is 1. The number of amides is 2. The summed E-state index contributed by atoms with van der Waals surface area (Å²) in [5, 5.41) is 0. The first kappa shape index (κ1) is 18.5. The minimum atomic E-state index is 0.0857. The van der Waals surface area contributed by atoms with Gasteiger partial charge in [0.25, 0.3) is 0 Å². The molecule has 0 aromatic heterocycles. The normalized spacial score (nSPS) is 22.3. The fourth-order valence-electron chi connectivity index (χ4n) is 4.44. The Morgan fingerprint density at radius 3 is 2.56 bits per heavy atom. The molecule has 3 aliphatic rings. The predicted molar refractivity (Wildman–Crippen MR) is 103 cm³/mol. The minimum absolute atomic E-state index is 0.0857. The fraction of sp³-hybridized carbons (Fsp3) is 0.636. The van der Waals surface area contributed by atoms with Crippen LogP contribution >= 0.6 is 0 Å². The maximum atomic E-state index is 12.5. The molecule has 2 amide bonds. The molecule has 0 atom stereocenters. The van der Waals surface area contributed by atoms with Crippen LogP contribution < -0.4 is 0 Å². The molecule has 2 heterocycles. The largest absolute Gasteiger partial charge is 0.367 e. The van der Waals surface area contributed by atoms with E-state index in [2.05, 4.69) is 4.90 Å². The van der Waals surface area contributed by atoms with Gasteiger partial charge in [0, 0.05) is 32.6 Å². The number of carbonyl (C=O) groups excluding carboxylic acids is 2. The Hall–Kier alpha value is -1.88. The van der Waals surface area contributed by atoms with E-state index in [4.69, 9.17) is 4.74 Å². The molecule has 4 rings (SSSR count). The van der Waals surface area contributed by atoms with Gasteiger partial charge in [-0.15, -0.1) is 0 Å². The number of piperidine rings is 2. The van der Waals surface area contributed by atoms with Crippen molar-refractivity contribution in [3.63, 3.8) is 0 Å². The SMILES string of the molecule is O=C(COCc1ccccc1)N1CCC2(CCC(=O)N(CC3CC3)C2)CC1. The van der Waals surface area contributed by atoms with Gasteiger partial charge in [-0.05, 0) is 49.0 Å². The highest BCUT2D eigenvalue weighted by atomic mass is 16.5. The monoisotopic (exact) mass is 370 g/mol. The third-order valence-electron chi connectivity index (χ3n) is 6.44. The van der Waals surface area contributed by atoms with Crippen LogP contribution in [-0.4, -0.2) is 54.4 Å². The quantitative estimate of drug-likeness (QED) is 0.774. The van der Waals surface area contributed by atoms with Gasteiger partial charge in [-0.1, -0.05) is 30.3 Å². The molecule has 0 N–H and O–H groups in total. The highest BCUT2D eigenvalue weighted by molar-refractivity contribution is 5.78. The number of benzene rings is 1. The van der Waals surface area contributed by atoms with Crippen LogP contribution in [0.3, 0.4) is 0 Å². The maximum absolute atomic E-state index is 12.5. The lowest BCUT2D eigenvalue weighted by Gasteiger charge is -2.47.